The zero-order valence-electron chi connectivity index (χ0n) is 9.92. The van der Waals surface area contributed by atoms with Gasteiger partial charge in [0.05, 0.1) is 6.04 Å². The summed E-state index contributed by atoms with van der Waals surface area (Å²) < 4.78 is 0. The molecular weight excluding hydrogens is 254 g/mol. The summed E-state index contributed by atoms with van der Waals surface area (Å²) in [6.07, 6.45) is 3.02. The maximum Gasteiger partial charge on any atom is 0.407 e. The van der Waals surface area contributed by atoms with Crippen LogP contribution in [0.5, 0.6) is 0 Å². The van der Waals surface area contributed by atoms with Gasteiger partial charge in [-0.1, -0.05) is 17.7 Å². The number of hydrogen-bond acceptors (Lipinski definition) is 3. The lowest BCUT2D eigenvalue weighted by molar-refractivity contribution is 0.0974. The highest BCUT2D eigenvalue weighted by Crippen LogP contribution is 2.20. The van der Waals surface area contributed by atoms with Crippen LogP contribution in [0.15, 0.2) is 18.3 Å². The average Bonchev–Trinajstić information content (AvgIpc) is 2.34. The third-order valence-electron chi connectivity index (χ3n) is 3.31. The van der Waals surface area contributed by atoms with Gasteiger partial charge in [-0.25, -0.2) is 9.78 Å². The molecule has 98 valence electrons. The first-order valence-electron chi connectivity index (χ1n) is 5.93. The van der Waals surface area contributed by atoms with Gasteiger partial charge in [0.1, 0.15) is 5.15 Å². The monoisotopic (exact) mass is 269 g/mol. The molecule has 3 N–H and O–H groups in total. The minimum atomic E-state index is -0.905. The van der Waals surface area contributed by atoms with Gasteiger partial charge in [0.2, 0.25) is 0 Å². The Hall–Kier alpha value is -1.33. The van der Waals surface area contributed by atoms with E-state index in [9.17, 15) is 9.90 Å². The van der Waals surface area contributed by atoms with E-state index in [1.54, 1.807) is 12.3 Å². The molecule has 0 unspecified atom stereocenters. The fourth-order valence-corrected chi connectivity index (χ4v) is 2.47. The quantitative estimate of drug-likeness (QED) is 0.802. The second-order valence-electron chi connectivity index (χ2n) is 4.54. The van der Waals surface area contributed by atoms with E-state index in [4.69, 9.17) is 17.3 Å². The van der Waals surface area contributed by atoms with Crippen LogP contribution in [0.25, 0.3) is 0 Å². The Morgan fingerprint density at radius 2 is 2.39 bits per heavy atom. The summed E-state index contributed by atoms with van der Waals surface area (Å²) >= 11 is 5.72. The highest BCUT2D eigenvalue weighted by Gasteiger charge is 2.32. The topological polar surface area (TPSA) is 79.5 Å². The van der Waals surface area contributed by atoms with E-state index in [1.165, 1.54) is 4.90 Å². The number of likely N-dealkylation sites (tertiary alicyclic amines) is 1. The van der Waals surface area contributed by atoms with Gasteiger partial charge in [-0.3, -0.25) is 0 Å². The fourth-order valence-electron chi connectivity index (χ4n) is 2.35. The molecule has 0 aromatic carbocycles. The summed E-state index contributed by atoms with van der Waals surface area (Å²) in [5.74, 6) is 0. The van der Waals surface area contributed by atoms with Gasteiger partial charge in [0, 0.05) is 18.8 Å². The van der Waals surface area contributed by atoms with Crippen LogP contribution in [0, 0.1) is 0 Å². The number of hydrogen-bond donors (Lipinski definition) is 2. The Balaban J connectivity index is 2.13. The van der Waals surface area contributed by atoms with Crippen LogP contribution in [0.4, 0.5) is 4.79 Å². The Morgan fingerprint density at radius 1 is 1.61 bits per heavy atom. The van der Waals surface area contributed by atoms with Crippen LogP contribution >= 0.6 is 11.6 Å². The summed E-state index contributed by atoms with van der Waals surface area (Å²) in [7, 11) is 0. The highest BCUT2D eigenvalue weighted by atomic mass is 35.5. The molecule has 1 saturated heterocycles. The van der Waals surface area contributed by atoms with Gasteiger partial charge in [0.25, 0.3) is 0 Å². The average molecular weight is 270 g/mol. The first-order chi connectivity index (χ1) is 8.58. The lowest BCUT2D eigenvalue weighted by Crippen LogP contribution is -2.54. The van der Waals surface area contributed by atoms with E-state index in [-0.39, 0.29) is 12.1 Å². The summed E-state index contributed by atoms with van der Waals surface area (Å²) in [6.45, 7) is 0.550. The van der Waals surface area contributed by atoms with Gasteiger partial charge in [-0.15, -0.1) is 0 Å². The Morgan fingerprint density at radius 3 is 3.00 bits per heavy atom. The van der Waals surface area contributed by atoms with Crippen molar-refractivity contribution in [3.05, 3.63) is 29.0 Å². The molecule has 18 heavy (non-hydrogen) atoms. The maximum atomic E-state index is 11.2. The zero-order chi connectivity index (χ0) is 13.1. The number of piperidine rings is 1. The van der Waals surface area contributed by atoms with E-state index in [1.807, 2.05) is 6.07 Å². The third-order valence-corrected chi connectivity index (χ3v) is 3.53. The number of amides is 1. The predicted molar refractivity (Wildman–Crippen MR) is 68.7 cm³/mol. The Labute approximate surface area is 111 Å². The van der Waals surface area contributed by atoms with Crippen LogP contribution < -0.4 is 5.73 Å². The van der Waals surface area contributed by atoms with Crippen molar-refractivity contribution in [2.75, 3.05) is 6.54 Å². The Bertz CT molecular complexity index is 424. The van der Waals surface area contributed by atoms with E-state index in [2.05, 4.69) is 4.98 Å². The molecule has 2 rings (SSSR count). The predicted octanol–water partition coefficient (Wildman–Crippen LogP) is 1.75. The van der Waals surface area contributed by atoms with Gasteiger partial charge in [-0.2, -0.15) is 0 Å². The molecule has 0 bridgehead atoms. The van der Waals surface area contributed by atoms with E-state index in [0.717, 1.165) is 18.4 Å². The molecule has 0 aliphatic carbocycles. The van der Waals surface area contributed by atoms with E-state index < -0.39 is 6.09 Å². The van der Waals surface area contributed by atoms with Crippen molar-refractivity contribution in [3.8, 4) is 0 Å². The van der Waals surface area contributed by atoms with Gasteiger partial charge in [-0.05, 0) is 30.9 Å². The molecule has 5 nitrogen and oxygen atoms in total. The molecule has 1 amide bonds. The Kier molecular flexibility index (Phi) is 4.04. The van der Waals surface area contributed by atoms with Crippen molar-refractivity contribution in [1.29, 1.82) is 0 Å². The molecule has 2 heterocycles. The van der Waals surface area contributed by atoms with Crippen molar-refractivity contribution in [2.45, 2.75) is 31.3 Å². The summed E-state index contributed by atoms with van der Waals surface area (Å²) in [6, 6.07) is 3.26. The first-order valence-corrected chi connectivity index (χ1v) is 6.31. The fraction of sp³-hybridized carbons (Fsp3) is 0.500. The number of halogens is 1. The lowest BCUT2D eigenvalue weighted by Gasteiger charge is -2.38. The number of carboxylic acid groups (broad SMARTS) is 1. The molecule has 6 heteroatoms. The molecule has 0 radical (unpaired) electrons. The molecule has 1 aromatic heterocycles. The number of rotatable bonds is 2. The van der Waals surface area contributed by atoms with Crippen LogP contribution in [-0.4, -0.2) is 39.7 Å². The van der Waals surface area contributed by atoms with Crippen LogP contribution in [-0.2, 0) is 6.42 Å². The van der Waals surface area contributed by atoms with Crippen LogP contribution in [0.1, 0.15) is 18.4 Å². The number of nitrogens with two attached hydrogens (primary N) is 1. The van der Waals surface area contributed by atoms with Gasteiger partial charge >= 0.3 is 6.09 Å². The smallest absolute Gasteiger partial charge is 0.407 e. The van der Waals surface area contributed by atoms with Crippen molar-refractivity contribution in [2.24, 2.45) is 5.73 Å². The second kappa shape index (κ2) is 5.54. The second-order valence-corrected chi connectivity index (χ2v) is 4.93. The van der Waals surface area contributed by atoms with E-state index >= 15 is 0 Å². The van der Waals surface area contributed by atoms with Gasteiger partial charge < -0.3 is 15.7 Å². The molecule has 1 fully saturated rings. The van der Waals surface area contributed by atoms with Gasteiger partial charge in [0.15, 0.2) is 0 Å². The number of nitrogens with zero attached hydrogens (tertiary/aromatic N) is 2. The molecular formula is C12H16ClN3O2. The SMILES string of the molecule is N[C@@H]1CCCN(C(=O)O)[C@@H]1Cc1ccc(Cl)nc1. The summed E-state index contributed by atoms with van der Waals surface area (Å²) in [5.41, 5.74) is 6.99. The lowest BCUT2D eigenvalue weighted by atomic mass is 9.92. The number of carbonyl (C=O) groups is 1. The van der Waals surface area contributed by atoms with E-state index in [0.29, 0.717) is 18.1 Å². The third kappa shape index (κ3) is 2.91. The molecule has 1 aromatic rings. The first kappa shape index (κ1) is 13.1. The molecule has 1 aliphatic heterocycles. The number of aromatic nitrogens is 1. The summed E-state index contributed by atoms with van der Waals surface area (Å²) in [5, 5.41) is 9.61. The van der Waals surface area contributed by atoms with Crippen molar-refractivity contribution in [3.63, 3.8) is 0 Å². The van der Waals surface area contributed by atoms with Crippen LogP contribution in [0.3, 0.4) is 0 Å². The molecule has 0 spiro atoms. The molecule has 0 saturated carbocycles. The zero-order valence-corrected chi connectivity index (χ0v) is 10.7. The minimum Gasteiger partial charge on any atom is -0.465 e. The maximum absolute atomic E-state index is 11.2. The largest absolute Gasteiger partial charge is 0.465 e. The van der Waals surface area contributed by atoms with Crippen LogP contribution in [0.2, 0.25) is 5.15 Å². The minimum absolute atomic E-state index is 0.120. The molecule has 1 aliphatic rings. The summed E-state index contributed by atoms with van der Waals surface area (Å²) in [4.78, 5) is 16.6. The van der Waals surface area contributed by atoms with Crippen molar-refractivity contribution >= 4 is 17.7 Å². The standard InChI is InChI=1S/C12H16ClN3O2/c13-11-4-3-8(7-15-11)6-10-9(14)2-1-5-16(10)12(17)18/h3-4,7,9-10H,1-2,5-6,14H2,(H,17,18)/t9-,10-/m1/s1. The normalized spacial score (nSPS) is 24.0. The van der Waals surface area contributed by atoms with Crippen molar-refractivity contribution < 1.29 is 9.90 Å². The van der Waals surface area contributed by atoms with Crippen molar-refractivity contribution in [1.82, 2.24) is 9.88 Å². The number of pyridine rings is 1. The highest BCUT2D eigenvalue weighted by molar-refractivity contribution is 6.29. The molecule has 2 atom stereocenters.